The van der Waals surface area contributed by atoms with Crippen LogP contribution in [0.2, 0.25) is 0 Å². The van der Waals surface area contributed by atoms with Gasteiger partial charge in [-0.2, -0.15) is 0 Å². The number of aliphatic imine (C=N–C) groups is 1. The Balaban J connectivity index is 1.95. The van der Waals surface area contributed by atoms with Crippen molar-refractivity contribution in [1.29, 1.82) is 0 Å². The van der Waals surface area contributed by atoms with Gasteiger partial charge < -0.3 is 10.6 Å². The molecule has 1 aliphatic carbocycles. The van der Waals surface area contributed by atoms with Crippen LogP contribution >= 0.6 is 15.9 Å². The van der Waals surface area contributed by atoms with Crippen molar-refractivity contribution in [1.82, 2.24) is 10.6 Å². The summed E-state index contributed by atoms with van der Waals surface area (Å²) in [5.74, 6) is 1.79. The fourth-order valence-corrected chi connectivity index (χ4v) is 2.38. The zero-order valence-electron chi connectivity index (χ0n) is 11.7. The van der Waals surface area contributed by atoms with E-state index in [-0.39, 0.29) is 0 Å². The van der Waals surface area contributed by atoms with Crippen LogP contribution in [0, 0.1) is 12.8 Å². The molecule has 0 amide bonds. The number of nitrogens with one attached hydrogen (secondary N) is 2. The molecule has 19 heavy (non-hydrogen) atoms. The molecule has 1 saturated carbocycles. The molecule has 104 valence electrons. The smallest absolute Gasteiger partial charge is 0.191 e. The summed E-state index contributed by atoms with van der Waals surface area (Å²) in [7, 11) is 0. The predicted molar refractivity (Wildman–Crippen MR) is 84.4 cm³/mol. The highest BCUT2D eigenvalue weighted by Gasteiger charge is 2.20. The van der Waals surface area contributed by atoms with Crippen molar-refractivity contribution in [3.05, 3.63) is 33.8 Å². The van der Waals surface area contributed by atoms with Crippen LogP contribution in [-0.2, 0) is 6.54 Å². The van der Waals surface area contributed by atoms with E-state index in [1.165, 1.54) is 24.0 Å². The molecule has 2 rings (SSSR count). The summed E-state index contributed by atoms with van der Waals surface area (Å²) >= 11 is 3.49. The molecule has 0 heterocycles. The van der Waals surface area contributed by atoms with Gasteiger partial charge in [-0.1, -0.05) is 22.0 Å². The lowest BCUT2D eigenvalue weighted by Crippen LogP contribution is -2.38. The maximum absolute atomic E-state index is 4.65. The van der Waals surface area contributed by atoms with Crippen molar-refractivity contribution in [2.24, 2.45) is 10.9 Å². The first-order valence-electron chi connectivity index (χ1n) is 6.96. The number of halogens is 1. The Morgan fingerprint density at radius 3 is 2.79 bits per heavy atom. The van der Waals surface area contributed by atoms with Gasteiger partial charge in [0.2, 0.25) is 0 Å². The first kappa shape index (κ1) is 14.4. The van der Waals surface area contributed by atoms with Gasteiger partial charge in [0.15, 0.2) is 5.96 Å². The highest BCUT2D eigenvalue weighted by Crippen LogP contribution is 2.27. The molecule has 1 aliphatic rings. The topological polar surface area (TPSA) is 36.4 Å². The van der Waals surface area contributed by atoms with Crippen molar-refractivity contribution in [3.8, 4) is 0 Å². The van der Waals surface area contributed by atoms with Crippen LogP contribution in [0.5, 0.6) is 0 Å². The van der Waals surface area contributed by atoms with Crippen LogP contribution in [0.3, 0.4) is 0 Å². The maximum Gasteiger partial charge on any atom is 0.191 e. The molecule has 0 saturated heterocycles. The molecule has 0 radical (unpaired) electrons. The van der Waals surface area contributed by atoms with Crippen molar-refractivity contribution in [2.75, 3.05) is 13.1 Å². The van der Waals surface area contributed by atoms with E-state index in [1.54, 1.807) is 0 Å². The minimum absolute atomic E-state index is 0.721. The minimum atomic E-state index is 0.721. The lowest BCUT2D eigenvalue weighted by atomic mass is 10.1. The second-order valence-electron chi connectivity index (χ2n) is 5.09. The summed E-state index contributed by atoms with van der Waals surface area (Å²) < 4.78 is 1.12. The molecular formula is C15H22BrN3. The van der Waals surface area contributed by atoms with E-state index in [1.807, 2.05) is 0 Å². The predicted octanol–water partition coefficient (Wildman–Crippen LogP) is 3.22. The Kier molecular flexibility index (Phi) is 5.25. The van der Waals surface area contributed by atoms with Crippen LogP contribution in [0.15, 0.2) is 27.7 Å². The fourth-order valence-electron chi connectivity index (χ4n) is 1.91. The van der Waals surface area contributed by atoms with Gasteiger partial charge in [0.05, 0.1) is 6.54 Å². The van der Waals surface area contributed by atoms with E-state index < -0.39 is 0 Å². The molecule has 0 spiro atoms. The molecule has 1 fully saturated rings. The minimum Gasteiger partial charge on any atom is -0.357 e. The van der Waals surface area contributed by atoms with Gasteiger partial charge >= 0.3 is 0 Å². The third-order valence-electron chi connectivity index (χ3n) is 3.31. The van der Waals surface area contributed by atoms with Gasteiger partial charge in [-0.3, -0.25) is 0 Å². The largest absolute Gasteiger partial charge is 0.357 e. The van der Waals surface area contributed by atoms with Crippen molar-refractivity contribution >= 4 is 21.9 Å². The van der Waals surface area contributed by atoms with E-state index in [0.29, 0.717) is 0 Å². The first-order chi connectivity index (χ1) is 9.19. The van der Waals surface area contributed by atoms with Crippen molar-refractivity contribution in [2.45, 2.75) is 33.2 Å². The van der Waals surface area contributed by atoms with E-state index in [2.05, 4.69) is 63.6 Å². The molecule has 0 unspecified atom stereocenters. The van der Waals surface area contributed by atoms with Gasteiger partial charge in [-0.15, -0.1) is 0 Å². The van der Waals surface area contributed by atoms with Gasteiger partial charge in [-0.25, -0.2) is 4.99 Å². The van der Waals surface area contributed by atoms with Gasteiger partial charge in [0.1, 0.15) is 0 Å². The zero-order valence-corrected chi connectivity index (χ0v) is 13.3. The average molecular weight is 324 g/mol. The van der Waals surface area contributed by atoms with Gasteiger partial charge in [0.25, 0.3) is 0 Å². The number of guanidine groups is 1. The summed E-state index contributed by atoms with van der Waals surface area (Å²) in [6, 6.07) is 6.34. The zero-order chi connectivity index (χ0) is 13.7. The highest BCUT2D eigenvalue weighted by atomic mass is 79.9. The number of rotatable bonds is 5. The van der Waals surface area contributed by atoms with E-state index >= 15 is 0 Å². The molecule has 2 N–H and O–H groups in total. The lowest BCUT2D eigenvalue weighted by Gasteiger charge is -2.11. The van der Waals surface area contributed by atoms with Crippen LogP contribution in [-0.4, -0.2) is 19.0 Å². The summed E-state index contributed by atoms with van der Waals surface area (Å²) in [4.78, 5) is 4.65. The number of benzene rings is 1. The number of hydrogen-bond donors (Lipinski definition) is 2. The monoisotopic (exact) mass is 323 g/mol. The number of hydrogen-bond acceptors (Lipinski definition) is 1. The van der Waals surface area contributed by atoms with Crippen LogP contribution < -0.4 is 10.6 Å². The van der Waals surface area contributed by atoms with Crippen molar-refractivity contribution < 1.29 is 0 Å². The highest BCUT2D eigenvalue weighted by molar-refractivity contribution is 9.10. The summed E-state index contributed by atoms with van der Waals surface area (Å²) in [5, 5.41) is 6.71. The van der Waals surface area contributed by atoms with Gasteiger partial charge in [-0.05, 0) is 55.9 Å². The summed E-state index contributed by atoms with van der Waals surface area (Å²) in [6.45, 7) is 6.89. The van der Waals surface area contributed by atoms with Gasteiger partial charge in [0, 0.05) is 17.6 Å². The molecule has 3 nitrogen and oxygen atoms in total. The second-order valence-corrected chi connectivity index (χ2v) is 6.01. The maximum atomic E-state index is 4.65. The van der Waals surface area contributed by atoms with Crippen LogP contribution in [0.4, 0.5) is 0 Å². The second kappa shape index (κ2) is 6.94. The summed E-state index contributed by atoms with van der Waals surface area (Å²) in [6.07, 6.45) is 2.72. The molecular weight excluding hydrogens is 302 g/mol. The summed E-state index contributed by atoms with van der Waals surface area (Å²) in [5.41, 5.74) is 2.54. The third-order valence-corrected chi connectivity index (χ3v) is 3.80. The quantitative estimate of drug-likeness (QED) is 0.644. The molecule has 1 aromatic rings. The molecule has 0 aromatic heterocycles. The van der Waals surface area contributed by atoms with Crippen LogP contribution in [0.25, 0.3) is 0 Å². The number of aryl methyl sites for hydroxylation is 1. The normalized spacial score (nSPS) is 15.4. The number of nitrogens with zero attached hydrogens (tertiary/aromatic N) is 1. The molecule has 0 atom stereocenters. The first-order valence-corrected chi connectivity index (χ1v) is 7.75. The van der Waals surface area contributed by atoms with E-state index in [4.69, 9.17) is 0 Å². The Bertz CT molecular complexity index is 453. The van der Waals surface area contributed by atoms with Crippen molar-refractivity contribution in [3.63, 3.8) is 0 Å². The van der Waals surface area contributed by atoms with E-state index in [9.17, 15) is 0 Å². The molecule has 0 aliphatic heterocycles. The average Bonchev–Trinajstić information content (AvgIpc) is 3.18. The molecule has 1 aromatic carbocycles. The lowest BCUT2D eigenvalue weighted by molar-refractivity contribution is 0.739. The Hall–Kier alpha value is -1.03. The standard InChI is InChI=1S/C15H22BrN3/c1-3-17-15(18-9-12-4-5-12)19-10-13-6-7-14(16)8-11(13)2/h6-8,12H,3-5,9-10H2,1-2H3,(H2,17,18,19). The fraction of sp³-hybridized carbons (Fsp3) is 0.533. The molecule has 4 heteroatoms. The Morgan fingerprint density at radius 2 is 2.16 bits per heavy atom. The Labute approximate surface area is 124 Å². The SMILES string of the molecule is CCNC(=NCc1ccc(Br)cc1C)NCC1CC1. The van der Waals surface area contributed by atoms with E-state index in [0.717, 1.165) is 36.0 Å². The van der Waals surface area contributed by atoms with Crippen LogP contribution in [0.1, 0.15) is 30.9 Å². The third kappa shape index (κ3) is 4.86. The molecule has 0 bridgehead atoms. The Morgan fingerprint density at radius 1 is 1.37 bits per heavy atom.